The van der Waals surface area contributed by atoms with E-state index in [2.05, 4.69) is 31.9 Å². The summed E-state index contributed by atoms with van der Waals surface area (Å²) in [7, 11) is 0. The highest BCUT2D eigenvalue weighted by Crippen LogP contribution is 2.22. The van der Waals surface area contributed by atoms with Gasteiger partial charge in [0.05, 0.1) is 0 Å². The smallest absolute Gasteiger partial charge is 0.0420 e. The molecule has 0 aliphatic carbocycles. The number of hydrogen-bond acceptors (Lipinski definition) is 2. The van der Waals surface area contributed by atoms with Crippen LogP contribution in [-0.2, 0) is 0 Å². The van der Waals surface area contributed by atoms with E-state index in [-0.39, 0.29) is 18.4 Å². The van der Waals surface area contributed by atoms with Gasteiger partial charge in [-0.1, -0.05) is 31.9 Å². The fraction of sp³-hybridized carbons (Fsp3) is 0.250. The Kier molecular flexibility index (Phi) is 6.16. The van der Waals surface area contributed by atoms with E-state index in [9.17, 15) is 0 Å². The lowest BCUT2D eigenvalue weighted by Gasteiger charge is -2.09. The highest BCUT2D eigenvalue weighted by molar-refractivity contribution is 9.11. The summed E-state index contributed by atoms with van der Waals surface area (Å²) in [4.78, 5) is 0. The van der Waals surface area contributed by atoms with Gasteiger partial charge in [-0.15, -0.1) is 12.4 Å². The van der Waals surface area contributed by atoms with Crippen LogP contribution in [0.25, 0.3) is 0 Å². The van der Waals surface area contributed by atoms with Gasteiger partial charge in [0.25, 0.3) is 0 Å². The Balaban J connectivity index is 0.00000144. The first-order valence-electron chi connectivity index (χ1n) is 3.55. The third kappa shape index (κ3) is 3.95. The lowest BCUT2D eigenvalue weighted by molar-refractivity contribution is 0.736. The van der Waals surface area contributed by atoms with Gasteiger partial charge < -0.3 is 11.5 Å². The van der Waals surface area contributed by atoms with E-state index in [1.54, 1.807) is 0 Å². The molecule has 0 amide bonds. The molecule has 1 atom stereocenters. The molecule has 0 saturated carbocycles. The summed E-state index contributed by atoms with van der Waals surface area (Å²) in [5.41, 5.74) is 12.3. The van der Waals surface area contributed by atoms with Crippen LogP contribution in [0, 0.1) is 0 Å². The summed E-state index contributed by atoms with van der Waals surface area (Å²) >= 11 is 6.77. The molecule has 0 aliphatic rings. The van der Waals surface area contributed by atoms with Crippen molar-refractivity contribution in [1.82, 2.24) is 0 Å². The van der Waals surface area contributed by atoms with Crippen LogP contribution in [0.3, 0.4) is 0 Å². The molecule has 4 N–H and O–H groups in total. The van der Waals surface area contributed by atoms with Gasteiger partial charge >= 0.3 is 0 Å². The van der Waals surface area contributed by atoms with E-state index in [1.165, 1.54) is 0 Å². The molecule has 1 rings (SSSR count). The zero-order chi connectivity index (χ0) is 9.14. The molecule has 0 saturated heterocycles. The first kappa shape index (κ1) is 13.4. The first-order chi connectivity index (χ1) is 5.63. The quantitative estimate of drug-likeness (QED) is 0.876. The Hall–Kier alpha value is 0.390. The maximum atomic E-state index is 5.77. The molecule has 0 radical (unpaired) electrons. The van der Waals surface area contributed by atoms with Gasteiger partial charge in [0.15, 0.2) is 0 Å². The normalized spacial score (nSPS) is 12.0. The van der Waals surface area contributed by atoms with E-state index in [4.69, 9.17) is 11.5 Å². The average molecular weight is 330 g/mol. The van der Waals surface area contributed by atoms with E-state index >= 15 is 0 Å². The lowest BCUT2D eigenvalue weighted by atomic mass is 10.1. The van der Waals surface area contributed by atoms with Crippen molar-refractivity contribution in [2.45, 2.75) is 6.04 Å². The van der Waals surface area contributed by atoms with E-state index in [0.717, 1.165) is 14.5 Å². The SMILES string of the molecule is Cl.NCC(N)c1cc(Br)cc(Br)c1. The van der Waals surface area contributed by atoms with Crippen molar-refractivity contribution < 1.29 is 0 Å². The van der Waals surface area contributed by atoms with Crippen molar-refractivity contribution in [3.63, 3.8) is 0 Å². The fourth-order valence-electron chi connectivity index (χ4n) is 0.925. The molecule has 0 heterocycles. The Labute approximate surface area is 101 Å². The molecule has 2 nitrogen and oxygen atoms in total. The molecular formula is C8H11Br2ClN2. The maximum absolute atomic E-state index is 5.77. The number of rotatable bonds is 2. The highest BCUT2D eigenvalue weighted by Gasteiger charge is 2.04. The standard InChI is InChI=1S/C8H10Br2N2.ClH/c9-6-1-5(8(12)4-11)2-7(10)3-6;/h1-3,8H,4,11-12H2;1H. The molecule has 1 aromatic carbocycles. The van der Waals surface area contributed by atoms with Crippen molar-refractivity contribution in [2.75, 3.05) is 6.54 Å². The Morgan fingerprint density at radius 1 is 1.15 bits per heavy atom. The van der Waals surface area contributed by atoms with Crippen LogP contribution in [0.1, 0.15) is 11.6 Å². The molecule has 74 valence electrons. The predicted octanol–water partition coefficient (Wildman–Crippen LogP) is 2.59. The predicted molar refractivity (Wildman–Crippen MR) is 65.1 cm³/mol. The second-order valence-electron chi connectivity index (χ2n) is 2.54. The molecule has 0 aromatic heterocycles. The molecule has 0 aliphatic heterocycles. The summed E-state index contributed by atoms with van der Waals surface area (Å²) in [6.07, 6.45) is 0. The van der Waals surface area contributed by atoms with Crippen LogP contribution in [-0.4, -0.2) is 6.54 Å². The Morgan fingerprint density at radius 3 is 2.00 bits per heavy atom. The summed E-state index contributed by atoms with van der Waals surface area (Å²) in [5, 5.41) is 0. The molecule has 13 heavy (non-hydrogen) atoms. The number of halogens is 3. The highest BCUT2D eigenvalue weighted by atomic mass is 79.9. The van der Waals surface area contributed by atoms with Crippen molar-refractivity contribution in [2.24, 2.45) is 11.5 Å². The van der Waals surface area contributed by atoms with Gasteiger partial charge in [-0.05, 0) is 23.8 Å². The molecular weight excluding hydrogens is 319 g/mol. The molecule has 1 aromatic rings. The van der Waals surface area contributed by atoms with Crippen LogP contribution in [0.5, 0.6) is 0 Å². The van der Waals surface area contributed by atoms with Crippen molar-refractivity contribution >= 4 is 44.3 Å². The van der Waals surface area contributed by atoms with Crippen molar-refractivity contribution in [3.05, 3.63) is 32.7 Å². The molecule has 0 spiro atoms. The Morgan fingerprint density at radius 2 is 1.62 bits per heavy atom. The third-order valence-corrected chi connectivity index (χ3v) is 2.48. The van der Waals surface area contributed by atoms with Crippen LogP contribution >= 0.6 is 44.3 Å². The van der Waals surface area contributed by atoms with E-state index in [0.29, 0.717) is 6.54 Å². The summed E-state index contributed by atoms with van der Waals surface area (Å²) in [6, 6.07) is 5.83. The van der Waals surface area contributed by atoms with Crippen LogP contribution < -0.4 is 11.5 Å². The minimum Gasteiger partial charge on any atom is -0.329 e. The van der Waals surface area contributed by atoms with Gasteiger partial charge in [-0.3, -0.25) is 0 Å². The van der Waals surface area contributed by atoms with E-state index in [1.807, 2.05) is 18.2 Å². The largest absolute Gasteiger partial charge is 0.329 e. The molecule has 0 bridgehead atoms. The average Bonchev–Trinajstić information content (AvgIpc) is 2.01. The van der Waals surface area contributed by atoms with Gasteiger partial charge in [-0.25, -0.2) is 0 Å². The summed E-state index contributed by atoms with van der Waals surface area (Å²) in [5.74, 6) is 0. The topological polar surface area (TPSA) is 52.0 Å². The van der Waals surface area contributed by atoms with E-state index < -0.39 is 0 Å². The molecule has 5 heteroatoms. The summed E-state index contributed by atoms with van der Waals surface area (Å²) < 4.78 is 2.02. The van der Waals surface area contributed by atoms with Crippen LogP contribution in [0.4, 0.5) is 0 Å². The minimum atomic E-state index is -0.0844. The van der Waals surface area contributed by atoms with Gasteiger partial charge in [0.1, 0.15) is 0 Å². The fourth-order valence-corrected chi connectivity index (χ4v) is 2.25. The second-order valence-corrected chi connectivity index (χ2v) is 4.38. The van der Waals surface area contributed by atoms with Crippen LogP contribution in [0.15, 0.2) is 27.1 Å². The monoisotopic (exact) mass is 328 g/mol. The van der Waals surface area contributed by atoms with Crippen LogP contribution in [0.2, 0.25) is 0 Å². The van der Waals surface area contributed by atoms with Gasteiger partial charge in [-0.2, -0.15) is 0 Å². The first-order valence-corrected chi connectivity index (χ1v) is 5.13. The Bertz CT molecular complexity index is 261. The third-order valence-electron chi connectivity index (χ3n) is 1.57. The van der Waals surface area contributed by atoms with Gasteiger partial charge in [0, 0.05) is 21.5 Å². The van der Waals surface area contributed by atoms with Crippen molar-refractivity contribution in [1.29, 1.82) is 0 Å². The number of hydrogen-bond donors (Lipinski definition) is 2. The van der Waals surface area contributed by atoms with Crippen molar-refractivity contribution in [3.8, 4) is 0 Å². The lowest BCUT2D eigenvalue weighted by Crippen LogP contribution is -2.20. The molecule has 0 fully saturated rings. The van der Waals surface area contributed by atoms with Gasteiger partial charge in [0.2, 0.25) is 0 Å². The minimum absolute atomic E-state index is 0. The number of nitrogens with two attached hydrogens (primary N) is 2. The zero-order valence-electron chi connectivity index (χ0n) is 6.84. The second kappa shape index (κ2) is 5.98. The zero-order valence-corrected chi connectivity index (χ0v) is 10.8. The summed E-state index contributed by atoms with van der Waals surface area (Å²) in [6.45, 7) is 0.461. The molecule has 1 unspecified atom stereocenters. The number of benzene rings is 1. The maximum Gasteiger partial charge on any atom is 0.0420 e.